The maximum Gasteiger partial charge on any atom is 0.305 e. The molecule has 0 N–H and O–H groups in total. The van der Waals surface area contributed by atoms with Crippen molar-refractivity contribution in [3.63, 3.8) is 0 Å². The monoisotopic (exact) mass is 258 g/mol. The molecule has 0 spiro atoms. The van der Waals surface area contributed by atoms with Gasteiger partial charge in [0.2, 0.25) is 5.95 Å². The van der Waals surface area contributed by atoms with Crippen LogP contribution in [-0.4, -0.2) is 21.4 Å². The van der Waals surface area contributed by atoms with Crippen LogP contribution < -0.4 is 4.90 Å². The quantitative estimate of drug-likeness (QED) is 0.608. The Labute approximate surface area is 110 Å². The lowest BCUT2D eigenvalue weighted by Crippen LogP contribution is -2.24. The number of nitrogens with zero attached hydrogens (tertiary/aromatic N) is 4. The smallest absolute Gasteiger partial charge is 0.305 e. The molecule has 98 valence electrons. The summed E-state index contributed by atoms with van der Waals surface area (Å²) in [6.45, 7) is 3.40. The van der Waals surface area contributed by atoms with Crippen LogP contribution in [0.3, 0.4) is 0 Å². The van der Waals surface area contributed by atoms with E-state index in [4.69, 9.17) is 0 Å². The van der Waals surface area contributed by atoms with Gasteiger partial charge in [-0.15, -0.1) is 0 Å². The molecule has 0 saturated heterocycles. The third kappa shape index (κ3) is 3.25. The number of rotatable bonds is 5. The van der Waals surface area contributed by atoms with Crippen molar-refractivity contribution in [3.8, 4) is 0 Å². The fraction of sp³-hybridized carbons (Fsp3) is 0.231. The Morgan fingerprint density at radius 1 is 1.21 bits per heavy atom. The fourth-order valence-corrected chi connectivity index (χ4v) is 1.70. The summed E-state index contributed by atoms with van der Waals surface area (Å²) in [4.78, 5) is 20.1. The molecule has 0 amide bonds. The summed E-state index contributed by atoms with van der Waals surface area (Å²) in [5, 5.41) is 10.6. The lowest BCUT2D eigenvalue weighted by atomic mass is 10.2. The highest BCUT2D eigenvalue weighted by Crippen LogP contribution is 2.14. The molecule has 6 nitrogen and oxygen atoms in total. The van der Waals surface area contributed by atoms with Crippen molar-refractivity contribution >= 4 is 11.6 Å². The van der Waals surface area contributed by atoms with Crippen molar-refractivity contribution in [2.75, 3.05) is 11.4 Å². The highest BCUT2D eigenvalue weighted by Gasteiger charge is 2.11. The van der Waals surface area contributed by atoms with E-state index in [1.807, 2.05) is 42.2 Å². The van der Waals surface area contributed by atoms with Crippen molar-refractivity contribution in [2.45, 2.75) is 13.5 Å². The zero-order valence-corrected chi connectivity index (χ0v) is 10.6. The van der Waals surface area contributed by atoms with E-state index in [0.717, 1.165) is 12.1 Å². The van der Waals surface area contributed by atoms with Crippen LogP contribution in [0, 0.1) is 10.1 Å². The molecule has 0 fully saturated rings. The van der Waals surface area contributed by atoms with E-state index in [1.54, 1.807) is 0 Å². The summed E-state index contributed by atoms with van der Waals surface area (Å²) in [6.07, 6.45) is 2.46. The molecule has 0 atom stereocenters. The van der Waals surface area contributed by atoms with Gasteiger partial charge in [0.05, 0.1) is 4.92 Å². The van der Waals surface area contributed by atoms with E-state index in [-0.39, 0.29) is 5.69 Å². The predicted molar refractivity (Wildman–Crippen MR) is 71.9 cm³/mol. The Hall–Kier alpha value is -2.50. The van der Waals surface area contributed by atoms with E-state index in [2.05, 4.69) is 9.97 Å². The molecule has 19 heavy (non-hydrogen) atoms. The lowest BCUT2D eigenvalue weighted by molar-refractivity contribution is -0.385. The van der Waals surface area contributed by atoms with E-state index >= 15 is 0 Å². The second kappa shape index (κ2) is 5.90. The van der Waals surface area contributed by atoms with Gasteiger partial charge in [0.15, 0.2) is 0 Å². The zero-order chi connectivity index (χ0) is 13.7. The van der Waals surface area contributed by atoms with Gasteiger partial charge < -0.3 is 4.90 Å². The number of hydrogen-bond donors (Lipinski definition) is 0. The molecule has 2 rings (SSSR count). The highest BCUT2D eigenvalue weighted by molar-refractivity contribution is 5.35. The first-order valence-corrected chi connectivity index (χ1v) is 5.96. The molecule has 1 aromatic heterocycles. The van der Waals surface area contributed by atoms with Gasteiger partial charge in [-0.1, -0.05) is 30.3 Å². The molecule has 0 aliphatic heterocycles. The SMILES string of the molecule is CCN(Cc1ccccc1)c1ncc([N+](=O)[O-])cn1. The second-order valence-electron chi connectivity index (χ2n) is 4.00. The Kier molecular flexibility index (Phi) is 4.02. The molecule has 0 aliphatic rings. The first-order chi connectivity index (χ1) is 9.20. The first-order valence-electron chi connectivity index (χ1n) is 5.96. The maximum absolute atomic E-state index is 10.6. The molecule has 6 heteroatoms. The van der Waals surface area contributed by atoms with Gasteiger partial charge in [-0.05, 0) is 12.5 Å². The van der Waals surface area contributed by atoms with Crippen molar-refractivity contribution < 1.29 is 4.92 Å². The Bertz CT molecular complexity index is 542. The van der Waals surface area contributed by atoms with E-state index in [1.165, 1.54) is 12.4 Å². The molecule has 0 unspecified atom stereocenters. The summed E-state index contributed by atoms with van der Waals surface area (Å²) in [6, 6.07) is 9.95. The number of nitro groups is 1. The number of aromatic nitrogens is 2. The lowest BCUT2D eigenvalue weighted by Gasteiger charge is -2.20. The van der Waals surface area contributed by atoms with E-state index in [0.29, 0.717) is 12.5 Å². The van der Waals surface area contributed by atoms with Crippen LogP contribution in [0.1, 0.15) is 12.5 Å². The Morgan fingerprint density at radius 3 is 2.37 bits per heavy atom. The molecule has 1 heterocycles. The van der Waals surface area contributed by atoms with Crippen molar-refractivity contribution in [3.05, 3.63) is 58.4 Å². The molecule has 1 aromatic carbocycles. The molecule has 0 aliphatic carbocycles. The van der Waals surface area contributed by atoms with Crippen LogP contribution in [0.5, 0.6) is 0 Å². The average Bonchev–Trinajstić information content (AvgIpc) is 2.46. The summed E-state index contributed by atoms with van der Waals surface area (Å²) in [5.41, 5.74) is 1.05. The van der Waals surface area contributed by atoms with Crippen LogP contribution in [-0.2, 0) is 6.54 Å². The number of anilines is 1. The van der Waals surface area contributed by atoms with Crippen LogP contribution in [0.4, 0.5) is 11.6 Å². The van der Waals surface area contributed by atoms with Crippen LogP contribution in [0.15, 0.2) is 42.7 Å². The van der Waals surface area contributed by atoms with Gasteiger partial charge in [0.1, 0.15) is 12.4 Å². The minimum atomic E-state index is -0.503. The van der Waals surface area contributed by atoms with Gasteiger partial charge in [-0.2, -0.15) is 0 Å². The largest absolute Gasteiger partial charge is 0.337 e. The van der Waals surface area contributed by atoms with Crippen molar-refractivity contribution in [1.82, 2.24) is 9.97 Å². The second-order valence-corrected chi connectivity index (χ2v) is 4.00. The minimum Gasteiger partial charge on any atom is -0.337 e. The standard InChI is InChI=1S/C13H14N4O2/c1-2-16(10-11-6-4-3-5-7-11)13-14-8-12(9-15-13)17(18)19/h3-9H,2,10H2,1H3. The van der Waals surface area contributed by atoms with Gasteiger partial charge in [0.25, 0.3) is 0 Å². The topological polar surface area (TPSA) is 72.2 Å². The van der Waals surface area contributed by atoms with Crippen LogP contribution >= 0.6 is 0 Å². The molecular formula is C13H14N4O2. The Balaban J connectivity index is 2.15. The third-order valence-electron chi connectivity index (χ3n) is 2.72. The zero-order valence-electron chi connectivity index (χ0n) is 10.6. The summed E-state index contributed by atoms with van der Waals surface area (Å²) in [5.74, 6) is 0.497. The molecule has 2 aromatic rings. The summed E-state index contributed by atoms with van der Waals surface area (Å²) < 4.78 is 0. The van der Waals surface area contributed by atoms with Gasteiger partial charge in [-0.25, -0.2) is 9.97 Å². The van der Waals surface area contributed by atoms with E-state index in [9.17, 15) is 10.1 Å². The first kappa shape index (κ1) is 12.9. The normalized spacial score (nSPS) is 10.2. The number of hydrogen-bond acceptors (Lipinski definition) is 5. The van der Waals surface area contributed by atoms with Crippen LogP contribution in [0.25, 0.3) is 0 Å². The van der Waals surface area contributed by atoms with Gasteiger partial charge in [-0.3, -0.25) is 10.1 Å². The average molecular weight is 258 g/mol. The minimum absolute atomic E-state index is 0.0977. The maximum atomic E-state index is 10.6. The molecular weight excluding hydrogens is 244 g/mol. The van der Waals surface area contributed by atoms with Crippen molar-refractivity contribution in [1.29, 1.82) is 0 Å². The fourth-order valence-electron chi connectivity index (χ4n) is 1.70. The summed E-state index contributed by atoms with van der Waals surface area (Å²) >= 11 is 0. The molecule has 0 radical (unpaired) electrons. The summed E-state index contributed by atoms with van der Waals surface area (Å²) in [7, 11) is 0. The van der Waals surface area contributed by atoms with Crippen LogP contribution in [0.2, 0.25) is 0 Å². The number of benzene rings is 1. The highest BCUT2D eigenvalue weighted by atomic mass is 16.6. The van der Waals surface area contributed by atoms with Gasteiger partial charge >= 0.3 is 5.69 Å². The molecule has 0 bridgehead atoms. The van der Waals surface area contributed by atoms with Gasteiger partial charge in [0, 0.05) is 13.1 Å². The molecule has 0 saturated carbocycles. The Morgan fingerprint density at radius 2 is 1.84 bits per heavy atom. The third-order valence-corrected chi connectivity index (χ3v) is 2.72. The van der Waals surface area contributed by atoms with E-state index < -0.39 is 4.92 Å². The van der Waals surface area contributed by atoms with Crippen molar-refractivity contribution in [2.24, 2.45) is 0 Å². The predicted octanol–water partition coefficient (Wildman–Crippen LogP) is 2.41.